The molecule has 0 saturated carbocycles. The van der Waals surface area contributed by atoms with Gasteiger partial charge in [0.25, 0.3) is 0 Å². The van der Waals surface area contributed by atoms with Crippen molar-refractivity contribution >= 4 is 54.0 Å². The number of aromatic nitrogens is 4. The van der Waals surface area contributed by atoms with Gasteiger partial charge in [0.2, 0.25) is 0 Å². The lowest BCUT2D eigenvalue weighted by Gasteiger charge is -2.18. The summed E-state index contributed by atoms with van der Waals surface area (Å²) in [5.74, 6) is 0.653. The van der Waals surface area contributed by atoms with Crippen LogP contribution < -0.4 is 0 Å². The minimum atomic E-state index is 0.653. The molecule has 0 amide bonds. The lowest BCUT2D eigenvalue weighted by molar-refractivity contribution is 1.23. The van der Waals surface area contributed by atoms with Crippen molar-refractivity contribution in [2.75, 3.05) is 0 Å². The van der Waals surface area contributed by atoms with Gasteiger partial charge in [-0.15, -0.1) is 0 Å². The number of hydrogen-bond acceptors (Lipinski definition) is 4. The molecule has 14 aromatic rings. The summed E-state index contributed by atoms with van der Waals surface area (Å²) in [6, 6.07) is 83.6. The second-order valence-corrected chi connectivity index (χ2v) is 19.6. The maximum absolute atomic E-state index is 5.69. The number of pyridine rings is 2. The molecule has 74 heavy (non-hydrogen) atoms. The Kier molecular flexibility index (Phi) is 8.71. The molecule has 0 N–H and O–H groups in total. The fourth-order valence-corrected chi connectivity index (χ4v) is 12.3. The van der Waals surface area contributed by atoms with Gasteiger partial charge >= 0.3 is 0 Å². The SMILES string of the molecule is c1ccc2c(c1)-c1cccc3c(-c4cc(-c5ccc6c7c(cccc57)-c5ccccc5-6)c5nc(-c6ccc(-c7nccc8ccccc78)cc6)nc(-c6ccc(-c7nccc8ccccc78)cc6)c5c4)ccc-2c13. The van der Waals surface area contributed by atoms with Gasteiger partial charge in [0.15, 0.2) is 5.82 Å². The first-order valence-corrected chi connectivity index (χ1v) is 25.3. The summed E-state index contributed by atoms with van der Waals surface area (Å²) in [6.07, 6.45) is 3.79. The Hall–Kier alpha value is -9.90. The maximum atomic E-state index is 5.69. The van der Waals surface area contributed by atoms with E-state index in [2.05, 4.69) is 231 Å². The highest BCUT2D eigenvalue weighted by Crippen LogP contribution is 2.53. The van der Waals surface area contributed by atoms with Crippen molar-refractivity contribution in [2.45, 2.75) is 0 Å². The zero-order chi connectivity index (χ0) is 48.4. The van der Waals surface area contributed by atoms with E-state index in [4.69, 9.17) is 19.9 Å². The Morgan fingerprint density at radius 3 is 1.20 bits per heavy atom. The van der Waals surface area contributed by atoms with E-state index in [-0.39, 0.29) is 0 Å². The van der Waals surface area contributed by atoms with Gasteiger partial charge in [-0.1, -0.05) is 206 Å². The average Bonchev–Trinajstić information content (AvgIpc) is 4.00. The molecule has 3 heterocycles. The monoisotopic (exact) mass is 936 g/mol. The molecule has 2 aliphatic carbocycles. The maximum Gasteiger partial charge on any atom is 0.160 e. The fourth-order valence-electron chi connectivity index (χ4n) is 12.3. The van der Waals surface area contributed by atoms with E-state index in [1.807, 2.05) is 12.4 Å². The van der Waals surface area contributed by atoms with E-state index in [0.29, 0.717) is 5.82 Å². The molecule has 0 bridgehead atoms. The lowest BCUT2D eigenvalue weighted by Crippen LogP contribution is -1.99. The summed E-state index contributed by atoms with van der Waals surface area (Å²) in [7, 11) is 0. The normalized spacial score (nSPS) is 12.1. The second-order valence-electron chi connectivity index (χ2n) is 19.6. The van der Waals surface area contributed by atoms with Gasteiger partial charge in [0.1, 0.15) is 0 Å². The Morgan fingerprint density at radius 2 is 0.649 bits per heavy atom. The largest absolute Gasteiger partial charge is 0.256 e. The van der Waals surface area contributed by atoms with E-state index in [1.165, 1.54) is 71.6 Å². The third-order valence-electron chi connectivity index (χ3n) is 15.7. The quantitative estimate of drug-likeness (QED) is 0.167. The molecule has 11 aromatic carbocycles. The van der Waals surface area contributed by atoms with E-state index >= 15 is 0 Å². The van der Waals surface area contributed by atoms with Crippen molar-refractivity contribution in [2.24, 2.45) is 0 Å². The average molecular weight is 937 g/mol. The van der Waals surface area contributed by atoms with Gasteiger partial charge in [0, 0.05) is 56.4 Å². The lowest BCUT2D eigenvalue weighted by atomic mass is 9.88. The van der Waals surface area contributed by atoms with Crippen LogP contribution in [0.4, 0.5) is 0 Å². The Morgan fingerprint density at radius 1 is 0.230 bits per heavy atom. The van der Waals surface area contributed by atoms with Gasteiger partial charge in [-0.25, -0.2) is 9.97 Å². The molecule has 0 fully saturated rings. The van der Waals surface area contributed by atoms with Crippen molar-refractivity contribution in [3.63, 3.8) is 0 Å². The van der Waals surface area contributed by atoms with Crippen LogP contribution in [0.15, 0.2) is 243 Å². The Balaban J connectivity index is 0.968. The van der Waals surface area contributed by atoms with Crippen LogP contribution in [0.5, 0.6) is 0 Å². The first-order valence-electron chi connectivity index (χ1n) is 25.3. The molecule has 0 saturated heterocycles. The molecular formula is C70H40N4. The van der Waals surface area contributed by atoms with E-state index in [9.17, 15) is 0 Å². The van der Waals surface area contributed by atoms with Crippen LogP contribution in [0.25, 0.3) is 166 Å². The van der Waals surface area contributed by atoms with Crippen LogP contribution >= 0.6 is 0 Å². The molecule has 0 unspecified atom stereocenters. The zero-order valence-electron chi connectivity index (χ0n) is 39.9. The molecule has 0 atom stereocenters. The third-order valence-corrected chi connectivity index (χ3v) is 15.7. The number of benzene rings is 11. The molecule has 3 aromatic heterocycles. The highest BCUT2D eigenvalue weighted by molar-refractivity contribution is 6.22. The van der Waals surface area contributed by atoms with E-state index < -0.39 is 0 Å². The number of rotatable bonds is 6. The number of fused-ring (bicyclic) bond motifs is 9. The predicted molar refractivity (Wildman–Crippen MR) is 307 cm³/mol. The number of nitrogens with zero attached hydrogens (tertiary/aromatic N) is 4. The van der Waals surface area contributed by atoms with Crippen molar-refractivity contribution < 1.29 is 0 Å². The van der Waals surface area contributed by atoms with Gasteiger partial charge in [-0.2, -0.15) is 0 Å². The van der Waals surface area contributed by atoms with E-state index in [0.717, 1.165) is 88.5 Å². The molecule has 340 valence electrons. The number of hydrogen-bond donors (Lipinski definition) is 0. The molecule has 0 radical (unpaired) electrons. The van der Waals surface area contributed by atoms with Crippen molar-refractivity contribution in [1.82, 2.24) is 19.9 Å². The van der Waals surface area contributed by atoms with Crippen molar-refractivity contribution in [1.29, 1.82) is 0 Å². The van der Waals surface area contributed by atoms with Crippen LogP contribution in [0, 0.1) is 0 Å². The van der Waals surface area contributed by atoms with Crippen LogP contribution in [0.2, 0.25) is 0 Å². The van der Waals surface area contributed by atoms with Crippen molar-refractivity contribution in [3.8, 4) is 112 Å². The van der Waals surface area contributed by atoms with Crippen LogP contribution in [0.3, 0.4) is 0 Å². The summed E-state index contributed by atoms with van der Waals surface area (Å²) in [5.41, 5.74) is 22.3. The van der Waals surface area contributed by atoms with Crippen LogP contribution in [-0.2, 0) is 0 Å². The van der Waals surface area contributed by atoms with E-state index in [1.54, 1.807) is 0 Å². The molecular weight excluding hydrogens is 897 g/mol. The summed E-state index contributed by atoms with van der Waals surface area (Å²) >= 11 is 0. The summed E-state index contributed by atoms with van der Waals surface area (Å²) in [4.78, 5) is 21.1. The molecule has 2 aliphatic rings. The van der Waals surface area contributed by atoms with Crippen molar-refractivity contribution in [3.05, 3.63) is 243 Å². The van der Waals surface area contributed by atoms with Gasteiger partial charge < -0.3 is 0 Å². The summed E-state index contributed by atoms with van der Waals surface area (Å²) in [5, 5.41) is 10.5. The van der Waals surface area contributed by atoms with Crippen LogP contribution in [-0.4, -0.2) is 19.9 Å². The molecule has 16 rings (SSSR count). The molecule has 0 aliphatic heterocycles. The third kappa shape index (κ3) is 6.03. The minimum Gasteiger partial charge on any atom is -0.256 e. The highest BCUT2D eigenvalue weighted by Gasteiger charge is 2.27. The molecule has 4 heteroatoms. The summed E-state index contributed by atoms with van der Waals surface area (Å²) in [6.45, 7) is 0. The minimum absolute atomic E-state index is 0.653. The highest BCUT2D eigenvalue weighted by atomic mass is 14.9. The van der Waals surface area contributed by atoms with Crippen LogP contribution in [0.1, 0.15) is 0 Å². The standard InChI is InChI=1S/C70H40N4/c1-3-13-49-41(11-1)35-37-71-66(49)43-23-25-45(26-24-43)68-63-40-47(48-31-33-60-53-17-7-5-15-51(53)57-20-9-19-56(48)64(57)60)39-62(55-32-34-61-54-18-8-6-16-52(54)58-21-10-22-59(55)65(58)61)69(63)74-70(73-68)46-29-27-44(28-30-46)67-50-14-4-2-12-42(50)36-38-72-67/h1-40H. The smallest absolute Gasteiger partial charge is 0.160 e. The molecule has 0 spiro atoms. The first kappa shape index (κ1) is 40.8. The zero-order valence-corrected chi connectivity index (χ0v) is 39.9. The Bertz CT molecular complexity index is 4640. The summed E-state index contributed by atoms with van der Waals surface area (Å²) < 4.78 is 0. The van der Waals surface area contributed by atoms with Gasteiger partial charge in [-0.3, -0.25) is 9.97 Å². The fraction of sp³-hybridized carbons (Fsp3) is 0. The predicted octanol–water partition coefficient (Wildman–Crippen LogP) is 18.3. The van der Waals surface area contributed by atoms with Gasteiger partial charge in [-0.05, 0) is 118 Å². The molecule has 4 nitrogen and oxygen atoms in total. The first-order chi connectivity index (χ1) is 36.7. The second kappa shape index (κ2) is 15.8. The van der Waals surface area contributed by atoms with Gasteiger partial charge in [0.05, 0.1) is 22.6 Å². The topological polar surface area (TPSA) is 51.6 Å². The Labute approximate surface area is 426 Å².